The SMILES string of the molecule is CCOc1ccc(O[C@@H](C)C(=O)Nc2nc3c(s2)CCc2c-3cnn2C)cc1. The molecule has 146 valence electrons. The molecule has 0 saturated carbocycles. The molecule has 1 amide bonds. The molecule has 0 fully saturated rings. The summed E-state index contributed by atoms with van der Waals surface area (Å²) in [5, 5.41) is 7.80. The van der Waals surface area contributed by atoms with Crippen LogP contribution in [-0.2, 0) is 24.7 Å². The van der Waals surface area contributed by atoms with Crippen LogP contribution in [-0.4, -0.2) is 33.4 Å². The normalized spacial score (nSPS) is 13.4. The number of aryl methyl sites for hydroxylation is 2. The number of rotatable bonds is 6. The van der Waals surface area contributed by atoms with E-state index in [1.54, 1.807) is 19.1 Å². The van der Waals surface area contributed by atoms with E-state index < -0.39 is 6.10 Å². The average Bonchev–Trinajstić information content (AvgIpc) is 3.26. The Hall–Kier alpha value is -2.87. The van der Waals surface area contributed by atoms with Crippen molar-refractivity contribution in [3.63, 3.8) is 0 Å². The Labute approximate surface area is 167 Å². The number of carbonyl (C=O) groups is 1. The maximum absolute atomic E-state index is 12.5. The zero-order chi connectivity index (χ0) is 19.7. The van der Waals surface area contributed by atoms with Gasteiger partial charge in [0.25, 0.3) is 5.91 Å². The summed E-state index contributed by atoms with van der Waals surface area (Å²) in [5.41, 5.74) is 3.16. The predicted molar refractivity (Wildman–Crippen MR) is 108 cm³/mol. The third kappa shape index (κ3) is 3.60. The lowest BCUT2D eigenvalue weighted by Gasteiger charge is -2.14. The van der Waals surface area contributed by atoms with Crippen LogP contribution in [0.4, 0.5) is 5.13 Å². The standard InChI is InChI=1S/C20H22N4O3S/c1-4-26-13-5-7-14(8-6-13)27-12(2)19(25)23-20-22-18-15-11-21-24(3)16(15)9-10-17(18)28-20/h5-8,11-12H,4,9-10H2,1-3H3,(H,22,23,25)/t12-/m0/s1. The maximum atomic E-state index is 12.5. The second kappa shape index (κ2) is 7.63. The van der Waals surface area contributed by atoms with Crippen molar-refractivity contribution < 1.29 is 14.3 Å². The van der Waals surface area contributed by atoms with Gasteiger partial charge < -0.3 is 9.47 Å². The van der Waals surface area contributed by atoms with Crippen LogP contribution < -0.4 is 14.8 Å². The summed E-state index contributed by atoms with van der Waals surface area (Å²) in [6, 6.07) is 7.23. The Balaban J connectivity index is 1.42. The summed E-state index contributed by atoms with van der Waals surface area (Å²) in [7, 11) is 1.94. The van der Waals surface area contributed by atoms with Crippen LogP contribution in [0.2, 0.25) is 0 Å². The summed E-state index contributed by atoms with van der Waals surface area (Å²) in [5.74, 6) is 1.16. The highest BCUT2D eigenvalue weighted by atomic mass is 32.1. The molecule has 1 N–H and O–H groups in total. The van der Waals surface area contributed by atoms with Gasteiger partial charge in [-0.3, -0.25) is 14.8 Å². The third-order valence-electron chi connectivity index (χ3n) is 4.65. The van der Waals surface area contributed by atoms with Gasteiger partial charge in [0.2, 0.25) is 0 Å². The molecule has 4 rings (SSSR count). The van der Waals surface area contributed by atoms with Gasteiger partial charge in [-0.05, 0) is 51.0 Å². The van der Waals surface area contributed by atoms with E-state index in [0.717, 1.165) is 29.8 Å². The van der Waals surface area contributed by atoms with E-state index in [1.165, 1.54) is 21.9 Å². The number of aromatic nitrogens is 3. The number of carbonyl (C=O) groups excluding carboxylic acids is 1. The number of amides is 1. The second-order valence-electron chi connectivity index (χ2n) is 6.57. The first kappa shape index (κ1) is 18.5. The molecule has 0 spiro atoms. The van der Waals surface area contributed by atoms with Crippen LogP contribution in [0.5, 0.6) is 11.5 Å². The first-order valence-corrected chi connectivity index (χ1v) is 10.1. The van der Waals surface area contributed by atoms with Crippen molar-refractivity contribution in [2.45, 2.75) is 32.8 Å². The maximum Gasteiger partial charge on any atom is 0.266 e. The number of hydrogen-bond acceptors (Lipinski definition) is 6. The number of fused-ring (bicyclic) bond motifs is 3. The molecule has 0 unspecified atom stereocenters. The van der Waals surface area contributed by atoms with Gasteiger partial charge in [-0.2, -0.15) is 5.10 Å². The minimum absolute atomic E-state index is 0.230. The molecule has 7 nitrogen and oxygen atoms in total. The molecule has 28 heavy (non-hydrogen) atoms. The summed E-state index contributed by atoms with van der Waals surface area (Å²) in [6.07, 6.45) is 3.04. The number of benzene rings is 1. The lowest BCUT2D eigenvalue weighted by Crippen LogP contribution is -2.30. The fourth-order valence-corrected chi connectivity index (χ4v) is 4.20. The molecule has 1 aliphatic carbocycles. The van der Waals surface area contributed by atoms with Crippen molar-refractivity contribution in [3.05, 3.63) is 41.0 Å². The Morgan fingerprint density at radius 1 is 1.29 bits per heavy atom. The van der Waals surface area contributed by atoms with Gasteiger partial charge in [-0.1, -0.05) is 0 Å². The first-order chi connectivity index (χ1) is 13.5. The molecule has 1 aliphatic rings. The fraction of sp³-hybridized carbons (Fsp3) is 0.350. The Morgan fingerprint density at radius 2 is 2.04 bits per heavy atom. The van der Waals surface area contributed by atoms with E-state index >= 15 is 0 Å². The van der Waals surface area contributed by atoms with E-state index in [-0.39, 0.29) is 5.91 Å². The van der Waals surface area contributed by atoms with Crippen molar-refractivity contribution in [3.8, 4) is 22.8 Å². The monoisotopic (exact) mass is 398 g/mol. The van der Waals surface area contributed by atoms with E-state index in [2.05, 4.69) is 15.4 Å². The zero-order valence-corrected chi connectivity index (χ0v) is 16.9. The molecule has 0 radical (unpaired) electrons. The van der Waals surface area contributed by atoms with Crippen molar-refractivity contribution in [1.29, 1.82) is 0 Å². The molecule has 0 bridgehead atoms. The minimum Gasteiger partial charge on any atom is -0.494 e. The highest BCUT2D eigenvalue weighted by Crippen LogP contribution is 2.37. The van der Waals surface area contributed by atoms with E-state index in [0.29, 0.717) is 17.5 Å². The number of hydrogen-bond donors (Lipinski definition) is 1. The van der Waals surface area contributed by atoms with Gasteiger partial charge >= 0.3 is 0 Å². The molecule has 1 aromatic carbocycles. The van der Waals surface area contributed by atoms with E-state index in [9.17, 15) is 4.79 Å². The van der Waals surface area contributed by atoms with Crippen LogP contribution in [0.1, 0.15) is 24.4 Å². The largest absolute Gasteiger partial charge is 0.494 e. The topological polar surface area (TPSA) is 78.3 Å². The van der Waals surface area contributed by atoms with Gasteiger partial charge in [0.05, 0.1) is 18.5 Å². The minimum atomic E-state index is -0.646. The van der Waals surface area contributed by atoms with Crippen molar-refractivity contribution in [2.75, 3.05) is 11.9 Å². The van der Waals surface area contributed by atoms with Crippen molar-refractivity contribution in [2.24, 2.45) is 7.05 Å². The van der Waals surface area contributed by atoms with E-state index in [4.69, 9.17) is 9.47 Å². The smallest absolute Gasteiger partial charge is 0.266 e. The Morgan fingerprint density at radius 3 is 2.79 bits per heavy atom. The summed E-state index contributed by atoms with van der Waals surface area (Å²) in [6.45, 7) is 4.26. The fourth-order valence-electron chi connectivity index (χ4n) is 3.22. The van der Waals surface area contributed by atoms with Gasteiger partial charge in [-0.15, -0.1) is 11.3 Å². The molecule has 0 saturated heterocycles. The van der Waals surface area contributed by atoms with Crippen LogP contribution >= 0.6 is 11.3 Å². The van der Waals surface area contributed by atoms with Gasteiger partial charge in [0.1, 0.15) is 11.5 Å². The average molecular weight is 398 g/mol. The Bertz CT molecular complexity index is 994. The lowest BCUT2D eigenvalue weighted by atomic mass is 10.0. The summed E-state index contributed by atoms with van der Waals surface area (Å²) < 4.78 is 13.0. The number of ether oxygens (including phenoxy) is 2. The van der Waals surface area contributed by atoms with Crippen molar-refractivity contribution >= 4 is 22.4 Å². The van der Waals surface area contributed by atoms with E-state index in [1.807, 2.05) is 37.0 Å². The Kier molecular flexibility index (Phi) is 5.04. The molecular formula is C20H22N4O3S. The van der Waals surface area contributed by atoms with Crippen LogP contribution in [0.25, 0.3) is 11.3 Å². The second-order valence-corrected chi connectivity index (χ2v) is 7.66. The summed E-state index contributed by atoms with van der Waals surface area (Å²) >= 11 is 1.52. The van der Waals surface area contributed by atoms with Gasteiger partial charge in [0.15, 0.2) is 11.2 Å². The molecular weight excluding hydrogens is 376 g/mol. The molecule has 8 heteroatoms. The third-order valence-corrected chi connectivity index (χ3v) is 5.68. The zero-order valence-electron chi connectivity index (χ0n) is 16.1. The first-order valence-electron chi connectivity index (χ1n) is 9.26. The predicted octanol–water partition coefficient (Wildman–Crippen LogP) is 3.45. The molecule has 2 aromatic heterocycles. The molecule has 2 heterocycles. The number of anilines is 1. The highest BCUT2D eigenvalue weighted by molar-refractivity contribution is 7.16. The quantitative estimate of drug-likeness (QED) is 0.688. The molecule has 3 aromatic rings. The van der Waals surface area contributed by atoms with Gasteiger partial charge in [0, 0.05) is 23.2 Å². The molecule has 1 atom stereocenters. The highest BCUT2D eigenvalue weighted by Gasteiger charge is 2.25. The van der Waals surface area contributed by atoms with Crippen molar-refractivity contribution in [1.82, 2.24) is 14.8 Å². The number of thiazole rings is 1. The van der Waals surface area contributed by atoms with Crippen LogP contribution in [0.3, 0.4) is 0 Å². The summed E-state index contributed by atoms with van der Waals surface area (Å²) in [4.78, 5) is 18.3. The number of nitrogens with one attached hydrogen (secondary N) is 1. The van der Waals surface area contributed by atoms with Crippen LogP contribution in [0, 0.1) is 0 Å². The number of nitrogens with zero attached hydrogens (tertiary/aromatic N) is 3. The van der Waals surface area contributed by atoms with Crippen LogP contribution in [0.15, 0.2) is 30.5 Å². The van der Waals surface area contributed by atoms with Gasteiger partial charge in [-0.25, -0.2) is 4.98 Å². The molecule has 0 aliphatic heterocycles. The lowest BCUT2D eigenvalue weighted by molar-refractivity contribution is -0.122.